The van der Waals surface area contributed by atoms with Crippen LogP contribution in [0.3, 0.4) is 0 Å². The van der Waals surface area contributed by atoms with Crippen LogP contribution in [-0.2, 0) is 11.2 Å². The van der Waals surface area contributed by atoms with Gasteiger partial charge in [-0.25, -0.2) is 0 Å². The van der Waals surface area contributed by atoms with Crippen molar-refractivity contribution in [3.05, 3.63) is 60.3 Å². The monoisotopic (exact) mass is 335 g/mol. The minimum atomic E-state index is -0.00610. The van der Waals surface area contributed by atoms with Gasteiger partial charge in [-0.2, -0.15) is 0 Å². The van der Waals surface area contributed by atoms with Crippen molar-refractivity contribution in [3.63, 3.8) is 0 Å². The Labute approximate surface area is 148 Å². The van der Waals surface area contributed by atoms with E-state index in [0.717, 1.165) is 34.4 Å². The van der Waals surface area contributed by atoms with Gasteiger partial charge >= 0.3 is 0 Å². The molecule has 0 saturated carbocycles. The van der Waals surface area contributed by atoms with Crippen molar-refractivity contribution in [1.29, 1.82) is 0 Å². The molecule has 1 aromatic heterocycles. The molecule has 0 unspecified atom stereocenters. The van der Waals surface area contributed by atoms with Crippen molar-refractivity contribution in [3.8, 4) is 0 Å². The van der Waals surface area contributed by atoms with Crippen molar-refractivity contribution in [2.24, 2.45) is 0 Å². The first-order chi connectivity index (χ1) is 12.3. The summed E-state index contributed by atoms with van der Waals surface area (Å²) in [7, 11) is 0. The highest BCUT2D eigenvalue weighted by Crippen LogP contribution is 2.19. The number of hydrogen-bond acceptors (Lipinski definition) is 2. The molecule has 0 spiro atoms. The minimum Gasteiger partial charge on any atom is -0.385 e. The van der Waals surface area contributed by atoms with Gasteiger partial charge in [0.1, 0.15) is 0 Å². The van der Waals surface area contributed by atoms with Crippen LogP contribution in [0.25, 0.3) is 10.9 Å². The first-order valence-corrected chi connectivity index (χ1v) is 8.95. The van der Waals surface area contributed by atoms with Crippen molar-refractivity contribution < 1.29 is 4.79 Å². The molecule has 4 nitrogen and oxygen atoms in total. The molecule has 0 saturated heterocycles. The fraction of sp³-hybridized carbons (Fsp3) is 0.286. The van der Waals surface area contributed by atoms with Crippen LogP contribution in [0.5, 0.6) is 0 Å². The zero-order valence-corrected chi connectivity index (χ0v) is 14.6. The molecule has 0 radical (unpaired) electrons. The van der Waals surface area contributed by atoms with E-state index in [0.29, 0.717) is 6.42 Å². The van der Waals surface area contributed by atoms with Gasteiger partial charge in [-0.05, 0) is 42.3 Å². The molecule has 3 N–H and O–H groups in total. The number of nitrogens with one attached hydrogen (secondary N) is 3. The van der Waals surface area contributed by atoms with E-state index in [1.807, 2.05) is 54.7 Å². The summed E-state index contributed by atoms with van der Waals surface area (Å²) in [5.74, 6) is -0.00610. The highest BCUT2D eigenvalue weighted by molar-refractivity contribution is 5.95. The van der Waals surface area contributed by atoms with Crippen molar-refractivity contribution in [2.75, 3.05) is 17.2 Å². The van der Waals surface area contributed by atoms with Crippen LogP contribution in [0, 0.1) is 0 Å². The van der Waals surface area contributed by atoms with Crippen molar-refractivity contribution >= 4 is 28.2 Å². The number of fused-ring (bicyclic) bond motifs is 1. The highest BCUT2D eigenvalue weighted by Gasteiger charge is 2.08. The van der Waals surface area contributed by atoms with Crippen LogP contribution in [-0.4, -0.2) is 17.4 Å². The van der Waals surface area contributed by atoms with Gasteiger partial charge in [-0.15, -0.1) is 0 Å². The Kier molecular flexibility index (Phi) is 5.73. The number of aromatic nitrogens is 1. The number of rotatable bonds is 8. The number of unbranched alkanes of at least 4 members (excludes halogenated alkanes) is 2. The van der Waals surface area contributed by atoms with Crippen LogP contribution < -0.4 is 10.6 Å². The molecule has 0 bridgehead atoms. The molecule has 0 aliphatic rings. The number of carbonyl (C=O) groups excluding carboxylic acids is 1. The number of aromatic amines is 1. The van der Waals surface area contributed by atoms with Crippen LogP contribution >= 0.6 is 0 Å². The Hall–Kier alpha value is -2.75. The first-order valence-electron chi connectivity index (χ1n) is 8.95. The van der Waals surface area contributed by atoms with E-state index in [-0.39, 0.29) is 5.91 Å². The molecule has 0 aliphatic carbocycles. The lowest BCUT2D eigenvalue weighted by atomic mass is 10.1. The van der Waals surface area contributed by atoms with Gasteiger partial charge in [-0.1, -0.05) is 38.0 Å². The fourth-order valence-electron chi connectivity index (χ4n) is 2.94. The Morgan fingerprint density at radius 1 is 1.00 bits per heavy atom. The number of amides is 1. The molecule has 3 aromatic rings. The lowest BCUT2D eigenvalue weighted by molar-refractivity contribution is -0.115. The predicted molar refractivity (Wildman–Crippen MR) is 105 cm³/mol. The normalized spacial score (nSPS) is 10.8. The number of anilines is 2. The molecule has 0 aliphatic heterocycles. The van der Waals surface area contributed by atoms with Crippen LogP contribution in [0.15, 0.2) is 54.7 Å². The quantitative estimate of drug-likeness (QED) is 0.510. The standard InChI is InChI=1S/C21H25N3O/c1-2-3-6-13-22-17-9-11-18(12-10-17)24-21(25)14-16-15-23-20-8-5-4-7-19(16)20/h4-5,7-12,15,22-23H,2-3,6,13-14H2,1H3,(H,24,25). The molecule has 3 rings (SSSR count). The summed E-state index contributed by atoms with van der Waals surface area (Å²) in [6.07, 6.45) is 5.92. The zero-order chi connectivity index (χ0) is 17.5. The second-order valence-electron chi connectivity index (χ2n) is 6.30. The molecule has 1 amide bonds. The fourth-order valence-corrected chi connectivity index (χ4v) is 2.94. The van der Waals surface area contributed by atoms with E-state index in [2.05, 4.69) is 22.5 Å². The summed E-state index contributed by atoms with van der Waals surface area (Å²) >= 11 is 0. The van der Waals surface area contributed by atoms with E-state index in [1.54, 1.807) is 0 Å². The third-order valence-corrected chi connectivity index (χ3v) is 4.30. The summed E-state index contributed by atoms with van der Waals surface area (Å²) < 4.78 is 0. The second kappa shape index (κ2) is 8.38. The van der Waals surface area contributed by atoms with Gasteiger partial charge in [-0.3, -0.25) is 4.79 Å². The molecule has 0 fully saturated rings. The van der Waals surface area contributed by atoms with Gasteiger partial charge in [0.05, 0.1) is 6.42 Å². The lowest BCUT2D eigenvalue weighted by Gasteiger charge is -2.08. The maximum Gasteiger partial charge on any atom is 0.228 e. The number of para-hydroxylation sites is 1. The molecule has 4 heteroatoms. The molecule has 1 heterocycles. The number of benzene rings is 2. The van der Waals surface area contributed by atoms with Crippen molar-refractivity contribution in [1.82, 2.24) is 4.98 Å². The third-order valence-electron chi connectivity index (χ3n) is 4.30. The first kappa shape index (κ1) is 17.1. The molecular formula is C21H25N3O. The maximum absolute atomic E-state index is 12.3. The lowest BCUT2D eigenvalue weighted by Crippen LogP contribution is -2.14. The van der Waals surface area contributed by atoms with E-state index >= 15 is 0 Å². The Morgan fingerprint density at radius 3 is 2.56 bits per heavy atom. The highest BCUT2D eigenvalue weighted by atomic mass is 16.1. The van der Waals surface area contributed by atoms with Gasteiger partial charge in [0.2, 0.25) is 5.91 Å². The van der Waals surface area contributed by atoms with Crippen molar-refractivity contribution in [2.45, 2.75) is 32.6 Å². The molecular weight excluding hydrogens is 310 g/mol. The Bertz CT molecular complexity index is 821. The zero-order valence-electron chi connectivity index (χ0n) is 14.6. The summed E-state index contributed by atoms with van der Waals surface area (Å²) in [4.78, 5) is 15.5. The second-order valence-corrected chi connectivity index (χ2v) is 6.30. The smallest absolute Gasteiger partial charge is 0.228 e. The number of hydrogen-bond donors (Lipinski definition) is 3. The summed E-state index contributed by atoms with van der Waals surface area (Å²) in [6, 6.07) is 15.9. The third kappa shape index (κ3) is 4.63. The van der Waals surface area contributed by atoms with E-state index in [4.69, 9.17) is 0 Å². The topological polar surface area (TPSA) is 56.9 Å². The van der Waals surface area contributed by atoms with Gasteiger partial charge in [0.25, 0.3) is 0 Å². The van der Waals surface area contributed by atoms with Crippen LogP contribution in [0.2, 0.25) is 0 Å². The van der Waals surface area contributed by atoms with E-state index in [9.17, 15) is 4.79 Å². The summed E-state index contributed by atoms with van der Waals surface area (Å²) in [6.45, 7) is 3.19. The number of H-pyrrole nitrogens is 1. The average molecular weight is 335 g/mol. The molecule has 2 aromatic carbocycles. The average Bonchev–Trinajstić information content (AvgIpc) is 3.03. The summed E-state index contributed by atoms with van der Waals surface area (Å²) in [5, 5.41) is 7.47. The largest absolute Gasteiger partial charge is 0.385 e. The maximum atomic E-state index is 12.3. The SMILES string of the molecule is CCCCCNc1ccc(NC(=O)Cc2c[nH]c3ccccc23)cc1. The van der Waals surface area contributed by atoms with Crippen LogP contribution in [0.4, 0.5) is 11.4 Å². The molecule has 25 heavy (non-hydrogen) atoms. The minimum absolute atomic E-state index is 0.00610. The van der Waals surface area contributed by atoms with Gasteiger partial charge in [0, 0.05) is 35.0 Å². The Morgan fingerprint density at radius 2 is 1.76 bits per heavy atom. The van der Waals surface area contributed by atoms with E-state index in [1.165, 1.54) is 19.3 Å². The van der Waals surface area contributed by atoms with Crippen LogP contribution in [0.1, 0.15) is 31.7 Å². The predicted octanol–water partition coefficient (Wildman–Crippen LogP) is 4.95. The Balaban J connectivity index is 1.54. The molecule has 130 valence electrons. The van der Waals surface area contributed by atoms with Gasteiger partial charge < -0.3 is 15.6 Å². The van der Waals surface area contributed by atoms with Gasteiger partial charge in [0.15, 0.2) is 0 Å². The summed E-state index contributed by atoms with van der Waals surface area (Å²) in [5.41, 5.74) is 3.99. The van der Waals surface area contributed by atoms with E-state index < -0.39 is 0 Å². The number of carbonyl (C=O) groups is 1. The molecule has 0 atom stereocenters.